The predicted molar refractivity (Wildman–Crippen MR) is 101 cm³/mol. The van der Waals surface area contributed by atoms with Crippen LogP contribution in [0.1, 0.15) is 22.8 Å². The standard InChI is InChI=1S/C19H23FN2O4S/c1-4-21-27(24,25)16-8-9-18(20)17(13-16)19(23)22(3)10-11-26-15-7-5-6-14(2)12-15/h5-9,12-13,21H,4,10-11H2,1-3H3. The first kappa shape index (κ1) is 20.9. The van der Waals surface area contributed by atoms with Gasteiger partial charge in [-0.1, -0.05) is 19.1 Å². The molecule has 0 aliphatic carbocycles. The fourth-order valence-corrected chi connectivity index (χ4v) is 3.49. The lowest BCUT2D eigenvalue weighted by molar-refractivity contribution is 0.0769. The predicted octanol–water partition coefficient (Wildman–Crippen LogP) is 2.58. The van der Waals surface area contributed by atoms with Crippen molar-refractivity contribution in [3.8, 4) is 5.75 Å². The third-order valence-electron chi connectivity index (χ3n) is 3.84. The minimum atomic E-state index is -3.78. The third-order valence-corrected chi connectivity index (χ3v) is 5.39. The Bertz CT molecular complexity index is 916. The van der Waals surface area contributed by atoms with Gasteiger partial charge in [0.05, 0.1) is 17.0 Å². The zero-order valence-electron chi connectivity index (χ0n) is 15.5. The van der Waals surface area contributed by atoms with E-state index < -0.39 is 21.7 Å². The molecule has 0 unspecified atom stereocenters. The highest BCUT2D eigenvalue weighted by Crippen LogP contribution is 2.17. The van der Waals surface area contributed by atoms with Gasteiger partial charge in [-0.25, -0.2) is 17.5 Å². The molecule has 0 saturated carbocycles. The fourth-order valence-electron chi connectivity index (χ4n) is 2.42. The van der Waals surface area contributed by atoms with Gasteiger partial charge in [0.2, 0.25) is 10.0 Å². The molecule has 0 spiro atoms. The molecule has 146 valence electrons. The van der Waals surface area contributed by atoms with Crippen molar-refractivity contribution in [2.24, 2.45) is 0 Å². The van der Waals surface area contributed by atoms with Crippen molar-refractivity contribution in [3.05, 3.63) is 59.4 Å². The Hall–Kier alpha value is -2.45. The summed E-state index contributed by atoms with van der Waals surface area (Å²) in [6, 6.07) is 10.7. The van der Waals surface area contributed by atoms with Gasteiger partial charge in [0.1, 0.15) is 18.2 Å². The van der Waals surface area contributed by atoms with Crippen LogP contribution >= 0.6 is 0 Å². The van der Waals surface area contributed by atoms with Crippen molar-refractivity contribution in [1.29, 1.82) is 0 Å². The second-order valence-corrected chi connectivity index (χ2v) is 7.80. The molecule has 1 amide bonds. The van der Waals surface area contributed by atoms with Gasteiger partial charge in [-0.15, -0.1) is 0 Å². The molecule has 0 atom stereocenters. The van der Waals surface area contributed by atoms with E-state index >= 15 is 0 Å². The number of rotatable bonds is 8. The first-order valence-electron chi connectivity index (χ1n) is 8.48. The van der Waals surface area contributed by atoms with Crippen molar-refractivity contribution in [2.45, 2.75) is 18.7 Å². The molecule has 0 saturated heterocycles. The second kappa shape index (κ2) is 8.96. The molecule has 0 aliphatic rings. The Morgan fingerprint density at radius 3 is 2.63 bits per heavy atom. The lowest BCUT2D eigenvalue weighted by Crippen LogP contribution is -2.32. The van der Waals surface area contributed by atoms with Crippen LogP contribution in [0.2, 0.25) is 0 Å². The van der Waals surface area contributed by atoms with Gasteiger partial charge >= 0.3 is 0 Å². The van der Waals surface area contributed by atoms with E-state index in [2.05, 4.69) is 4.72 Å². The lowest BCUT2D eigenvalue weighted by atomic mass is 10.2. The van der Waals surface area contributed by atoms with E-state index in [-0.39, 0.29) is 30.2 Å². The quantitative estimate of drug-likeness (QED) is 0.747. The molecule has 2 aromatic carbocycles. The van der Waals surface area contributed by atoms with Crippen LogP contribution in [0.5, 0.6) is 5.75 Å². The Morgan fingerprint density at radius 1 is 1.22 bits per heavy atom. The van der Waals surface area contributed by atoms with Crippen LogP contribution < -0.4 is 9.46 Å². The summed E-state index contributed by atoms with van der Waals surface area (Å²) in [5.41, 5.74) is 0.754. The second-order valence-electron chi connectivity index (χ2n) is 6.03. The average molecular weight is 394 g/mol. The highest BCUT2D eigenvalue weighted by molar-refractivity contribution is 7.89. The molecule has 2 rings (SSSR count). The number of hydrogen-bond donors (Lipinski definition) is 1. The SMILES string of the molecule is CCNS(=O)(=O)c1ccc(F)c(C(=O)N(C)CCOc2cccc(C)c2)c1. The molecule has 0 fully saturated rings. The molecule has 1 N–H and O–H groups in total. The normalized spacial score (nSPS) is 11.3. The number of benzene rings is 2. The highest BCUT2D eigenvalue weighted by Gasteiger charge is 2.21. The summed E-state index contributed by atoms with van der Waals surface area (Å²) >= 11 is 0. The minimum Gasteiger partial charge on any atom is -0.492 e. The van der Waals surface area contributed by atoms with Crippen molar-refractivity contribution in [2.75, 3.05) is 26.7 Å². The maximum Gasteiger partial charge on any atom is 0.256 e. The van der Waals surface area contributed by atoms with E-state index in [1.165, 1.54) is 11.9 Å². The van der Waals surface area contributed by atoms with Gasteiger partial charge in [0.25, 0.3) is 5.91 Å². The Labute approximate surface area is 159 Å². The van der Waals surface area contributed by atoms with Crippen molar-refractivity contribution >= 4 is 15.9 Å². The molecular formula is C19H23FN2O4S. The first-order valence-corrected chi connectivity index (χ1v) is 9.97. The lowest BCUT2D eigenvalue weighted by Gasteiger charge is -2.18. The summed E-state index contributed by atoms with van der Waals surface area (Å²) < 4.78 is 46.1. The van der Waals surface area contributed by atoms with Crippen LogP contribution in [0.25, 0.3) is 0 Å². The van der Waals surface area contributed by atoms with E-state index in [1.807, 2.05) is 31.2 Å². The van der Waals surface area contributed by atoms with Crippen molar-refractivity contribution in [1.82, 2.24) is 9.62 Å². The number of hydrogen-bond acceptors (Lipinski definition) is 4. The number of carbonyl (C=O) groups is 1. The largest absolute Gasteiger partial charge is 0.492 e. The number of sulfonamides is 1. The molecule has 2 aromatic rings. The molecule has 8 heteroatoms. The van der Waals surface area contributed by atoms with E-state index in [9.17, 15) is 17.6 Å². The summed E-state index contributed by atoms with van der Waals surface area (Å²) in [4.78, 5) is 13.6. The maximum atomic E-state index is 14.1. The Kier molecular flexibility index (Phi) is 6.92. The number of aryl methyl sites for hydroxylation is 1. The summed E-state index contributed by atoms with van der Waals surface area (Å²) in [7, 11) is -2.27. The number of amides is 1. The van der Waals surface area contributed by atoms with Gasteiger partial charge in [0.15, 0.2) is 0 Å². The molecule has 0 bridgehead atoms. The Balaban J connectivity index is 2.07. The van der Waals surface area contributed by atoms with E-state index in [1.54, 1.807) is 6.92 Å². The van der Waals surface area contributed by atoms with E-state index in [0.29, 0.717) is 5.75 Å². The topological polar surface area (TPSA) is 75.7 Å². The monoisotopic (exact) mass is 394 g/mol. The third kappa shape index (κ3) is 5.51. The van der Waals surface area contributed by atoms with Crippen LogP contribution in [0.3, 0.4) is 0 Å². The maximum absolute atomic E-state index is 14.1. The molecule has 0 aliphatic heterocycles. The van der Waals surface area contributed by atoms with E-state index in [4.69, 9.17) is 4.74 Å². The fraction of sp³-hybridized carbons (Fsp3) is 0.316. The number of halogens is 1. The van der Waals surface area contributed by atoms with Gasteiger partial charge < -0.3 is 9.64 Å². The van der Waals surface area contributed by atoms with Crippen molar-refractivity contribution < 1.29 is 22.3 Å². The van der Waals surface area contributed by atoms with Gasteiger partial charge in [-0.2, -0.15) is 0 Å². The summed E-state index contributed by atoms with van der Waals surface area (Å²) in [5.74, 6) is -0.712. The van der Waals surface area contributed by atoms with Crippen LogP contribution in [-0.2, 0) is 10.0 Å². The minimum absolute atomic E-state index is 0.154. The molecule has 27 heavy (non-hydrogen) atoms. The van der Waals surface area contributed by atoms with Crippen LogP contribution in [0, 0.1) is 12.7 Å². The highest BCUT2D eigenvalue weighted by atomic mass is 32.2. The zero-order valence-corrected chi connectivity index (χ0v) is 16.3. The molecule has 0 aromatic heterocycles. The number of likely N-dealkylation sites (N-methyl/N-ethyl adjacent to an activating group) is 1. The van der Waals surface area contributed by atoms with Crippen LogP contribution in [0.4, 0.5) is 4.39 Å². The van der Waals surface area contributed by atoms with Crippen LogP contribution in [-0.4, -0.2) is 46.0 Å². The first-order chi connectivity index (χ1) is 12.7. The smallest absolute Gasteiger partial charge is 0.256 e. The molecule has 0 radical (unpaired) electrons. The zero-order chi connectivity index (χ0) is 20.0. The molecular weight excluding hydrogens is 371 g/mol. The van der Waals surface area contributed by atoms with Gasteiger partial charge in [0, 0.05) is 13.6 Å². The van der Waals surface area contributed by atoms with Crippen LogP contribution in [0.15, 0.2) is 47.4 Å². The molecule has 6 nitrogen and oxygen atoms in total. The number of nitrogens with one attached hydrogen (secondary N) is 1. The van der Waals surface area contributed by atoms with Crippen molar-refractivity contribution in [3.63, 3.8) is 0 Å². The number of carbonyl (C=O) groups excluding carboxylic acids is 1. The summed E-state index contributed by atoms with van der Waals surface area (Å²) in [5, 5.41) is 0. The average Bonchev–Trinajstić information content (AvgIpc) is 2.61. The number of ether oxygens (including phenoxy) is 1. The van der Waals surface area contributed by atoms with Gasteiger partial charge in [-0.05, 0) is 42.8 Å². The summed E-state index contributed by atoms with van der Waals surface area (Å²) in [6.45, 7) is 4.22. The van der Waals surface area contributed by atoms with E-state index in [0.717, 1.165) is 23.8 Å². The summed E-state index contributed by atoms with van der Waals surface area (Å²) in [6.07, 6.45) is 0. The Morgan fingerprint density at radius 2 is 1.96 bits per heavy atom. The number of nitrogens with zero attached hydrogens (tertiary/aromatic N) is 1. The van der Waals surface area contributed by atoms with Gasteiger partial charge in [-0.3, -0.25) is 4.79 Å². The molecule has 0 heterocycles.